The van der Waals surface area contributed by atoms with Crippen LogP contribution >= 0.6 is 15.9 Å². The quantitative estimate of drug-likeness (QED) is 0.926. The highest BCUT2D eigenvalue weighted by molar-refractivity contribution is 9.10. The van der Waals surface area contributed by atoms with Crippen LogP contribution in [0.2, 0.25) is 0 Å². The lowest BCUT2D eigenvalue weighted by atomic mass is 10.1. The molecule has 0 amide bonds. The number of rotatable bonds is 3. The SMILES string of the molecule is Cc1cccc(N(C)c2ccc(Br)cc2CO)c1. The lowest BCUT2D eigenvalue weighted by Gasteiger charge is -2.22. The van der Waals surface area contributed by atoms with Gasteiger partial charge in [-0.2, -0.15) is 0 Å². The van der Waals surface area contributed by atoms with Crippen molar-refractivity contribution in [2.45, 2.75) is 13.5 Å². The zero-order valence-electron chi connectivity index (χ0n) is 10.5. The molecule has 0 unspecified atom stereocenters. The van der Waals surface area contributed by atoms with E-state index in [1.54, 1.807) is 0 Å². The van der Waals surface area contributed by atoms with Gasteiger partial charge in [0.05, 0.1) is 6.61 Å². The fraction of sp³-hybridized carbons (Fsp3) is 0.200. The maximum atomic E-state index is 9.45. The molecule has 0 fully saturated rings. The summed E-state index contributed by atoms with van der Waals surface area (Å²) in [4.78, 5) is 2.09. The van der Waals surface area contributed by atoms with Crippen LogP contribution in [-0.4, -0.2) is 12.2 Å². The van der Waals surface area contributed by atoms with Crippen molar-refractivity contribution in [1.29, 1.82) is 0 Å². The Bertz CT molecular complexity index is 554. The summed E-state index contributed by atoms with van der Waals surface area (Å²) < 4.78 is 0.980. The van der Waals surface area contributed by atoms with E-state index < -0.39 is 0 Å². The molecule has 2 nitrogen and oxygen atoms in total. The predicted molar refractivity (Wildman–Crippen MR) is 79.3 cm³/mol. The average molecular weight is 306 g/mol. The number of hydrogen-bond donors (Lipinski definition) is 1. The van der Waals surface area contributed by atoms with Gasteiger partial charge in [0, 0.05) is 28.5 Å². The second-order valence-corrected chi connectivity index (χ2v) is 5.24. The number of aliphatic hydroxyl groups is 1. The summed E-state index contributed by atoms with van der Waals surface area (Å²) in [5, 5.41) is 9.45. The van der Waals surface area contributed by atoms with E-state index in [0.29, 0.717) is 0 Å². The van der Waals surface area contributed by atoms with Crippen LogP contribution in [-0.2, 0) is 6.61 Å². The van der Waals surface area contributed by atoms with E-state index >= 15 is 0 Å². The highest BCUT2D eigenvalue weighted by Crippen LogP contribution is 2.29. The molecule has 18 heavy (non-hydrogen) atoms. The number of hydrogen-bond acceptors (Lipinski definition) is 2. The monoisotopic (exact) mass is 305 g/mol. The van der Waals surface area contributed by atoms with Crippen molar-refractivity contribution in [2.75, 3.05) is 11.9 Å². The zero-order valence-corrected chi connectivity index (χ0v) is 12.1. The van der Waals surface area contributed by atoms with Crippen molar-refractivity contribution in [2.24, 2.45) is 0 Å². The van der Waals surface area contributed by atoms with Gasteiger partial charge in [0.2, 0.25) is 0 Å². The molecule has 1 N–H and O–H groups in total. The first kappa shape index (κ1) is 13.1. The average Bonchev–Trinajstić information content (AvgIpc) is 2.37. The molecule has 0 saturated heterocycles. The Morgan fingerprint density at radius 1 is 1.17 bits per heavy atom. The van der Waals surface area contributed by atoms with Gasteiger partial charge in [0.1, 0.15) is 0 Å². The second kappa shape index (κ2) is 5.55. The molecule has 0 aliphatic carbocycles. The van der Waals surface area contributed by atoms with E-state index in [4.69, 9.17) is 0 Å². The molecule has 2 rings (SSSR count). The van der Waals surface area contributed by atoms with Gasteiger partial charge in [-0.25, -0.2) is 0 Å². The van der Waals surface area contributed by atoms with E-state index in [0.717, 1.165) is 21.4 Å². The number of anilines is 2. The normalized spacial score (nSPS) is 10.4. The third-order valence-corrected chi connectivity index (χ3v) is 3.46. The molecule has 2 aromatic rings. The number of aliphatic hydroxyl groups excluding tert-OH is 1. The fourth-order valence-corrected chi connectivity index (χ4v) is 2.39. The molecule has 0 saturated carbocycles. The Kier molecular flexibility index (Phi) is 4.04. The Hall–Kier alpha value is -1.32. The Balaban J connectivity index is 2.42. The van der Waals surface area contributed by atoms with Crippen molar-refractivity contribution in [3.8, 4) is 0 Å². The first-order valence-corrected chi connectivity index (χ1v) is 6.61. The molecule has 3 heteroatoms. The van der Waals surface area contributed by atoms with E-state index in [-0.39, 0.29) is 6.61 Å². The van der Waals surface area contributed by atoms with E-state index in [9.17, 15) is 5.11 Å². The van der Waals surface area contributed by atoms with Crippen LogP contribution < -0.4 is 4.90 Å². The largest absolute Gasteiger partial charge is 0.392 e. The van der Waals surface area contributed by atoms with Gasteiger partial charge in [0.25, 0.3) is 0 Å². The molecule has 94 valence electrons. The van der Waals surface area contributed by atoms with Crippen LogP contribution in [0.1, 0.15) is 11.1 Å². The molecule has 0 radical (unpaired) electrons. The lowest BCUT2D eigenvalue weighted by molar-refractivity contribution is 0.282. The fourth-order valence-electron chi connectivity index (χ4n) is 1.98. The molecule has 0 aromatic heterocycles. The van der Waals surface area contributed by atoms with Gasteiger partial charge >= 0.3 is 0 Å². The Morgan fingerprint density at radius 2 is 1.94 bits per heavy atom. The van der Waals surface area contributed by atoms with Crippen molar-refractivity contribution in [3.05, 3.63) is 58.1 Å². The minimum absolute atomic E-state index is 0.0327. The third kappa shape index (κ3) is 2.74. The van der Waals surface area contributed by atoms with E-state index in [1.807, 2.05) is 31.3 Å². The van der Waals surface area contributed by atoms with Gasteiger partial charge in [-0.1, -0.05) is 28.1 Å². The Labute approximate surface area is 116 Å². The van der Waals surface area contributed by atoms with Crippen molar-refractivity contribution < 1.29 is 5.11 Å². The highest BCUT2D eigenvalue weighted by Gasteiger charge is 2.09. The standard InChI is InChI=1S/C15H16BrNO/c1-11-4-3-5-14(8-11)17(2)15-7-6-13(16)9-12(15)10-18/h3-9,18H,10H2,1-2H3. The number of benzene rings is 2. The van der Waals surface area contributed by atoms with Crippen LogP contribution in [0.3, 0.4) is 0 Å². The second-order valence-electron chi connectivity index (χ2n) is 4.33. The van der Waals surface area contributed by atoms with Crippen LogP contribution in [0.25, 0.3) is 0 Å². The molecule has 0 aliphatic heterocycles. The minimum atomic E-state index is 0.0327. The molecule has 0 aliphatic rings. The first-order chi connectivity index (χ1) is 8.61. The van der Waals surface area contributed by atoms with Crippen molar-refractivity contribution in [3.63, 3.8) is 0 Å². The summed E-state index contributed by atoms with van der Waals surface area (Å²) in [7, 11) is 2.01. The van der Waals surface area contributed by atoms with E-state index in [2.05, 4.69) is 46.0 Å². The molecular formula is C15H16BrNO. The van der Waals surface area contributed by atoms with Gasteiger partial charge < -0.3 is 10.0 Å². The lowest BCUT2D eigenvalue weighted by Crippen LogP contribution is -2.11. The van der Waals surface area contributed by atoms with Crippen LogP contribution in [0.4, 0.5) is 11.4 Å². The summed E-state index contributed by atoms with van der Waals surface area (Å²) in [5.74, 6) is 0. The maximum Gasteiger partial charge on any atom is 0.0702 e. The van der Waals surface area contributed by atoms with Crippen LogP contribution in [0, 0.1) is 6.92 Å². The summed E-state index contributed by atoms with van der Waals surface area (Å²) in [6, 6.07) is 14.3. The molecule has 0 heterocycles. The summed E-state index contributed by atoms with van der Waals surface area (Å²) in [6.07, 6.45) is 0. The Morgan fingerprint density at radius 3 is 2.61 bits per heavy atom. The van der Waals surface area contributed by atoms with Gasteiger partial charge in [-0.15, -0.1) is 0 Å². The van der Waals surface area contributed by atoms with Gasteiger partial charge in [-0.05, 0) is 42.8 Å². The van der Waals surface area contributed by atoms with Crippen LogP contribution in [0.15, 0.2) is 46.9 Å². The summed E-state index contributed by atoms with van der Waals surface area (Å²) in [6.45, 7) is 2.11. The number of nitrogens with zero attached hydrogens (tertiary/aromatic N) is 1. The number of aryl methyl sites for hydroxylation is 1. The van der Waals surface area contributed by atoms with E-state index in [1.165, 1.54) is 5.56 Å². The predicted octanol–water partition coefficient (Wildman–Crippen LogP) is 4.02. The molecule has 0 bridgehead atoms. The molecule has 0 spiro atoms. The molecular weight excluding hydrogens is 290 g/mol. The van der Waals surface area contributed by atoms with Gasteiger partial charge in [-0.3, -0.25) is 0 Å². The first-order valence-electron chi connectivity index (χ1n) is 5.81. The highest BCUT2D eigenvalue weighted by atomic mass is 79.9. The number of halogens is 1. The molecule has 0 atom stereocenters. The maximum absolute atomic E-state index is 9.45. The van der Waals surface area contributed by atoms with Crippen LogP contribution in [0.5, 0.6) is 0 Å². The summed E-state index contributed by atoms with van der Waals surface area (Å²) >= 11 is 3.42. The topological polar surface area (TPSA) is 23.5 Å². The zero-order chi connectivity index (χ0) is 13.1. The summed E-state index contributed by atoms with van der Waals surface area (Å²) in [5.41, 5.74) is 4.27. The molecule has 2 aromatic carbocycles. The third-order valence-electron chi connectivity index (χ3n) is 2.96. The minimum Gasteiger partial charge on any atom is -0.392 e. The smallest absolute Gasteiger partial charge is 0.0702 e. The van der Waals surface area contributed by atoms with Crippen molar-refractivity contribution in [1.82, 2.24) is 0 Å². The van der Waals surface area contributed by atoms with Crippen molar-refractivity contribution >= 4 is 27.3 Å². The van der Waals surface area contributed by atoms with Gasteiger partial charge in [0.15, 0.2) is 0 Å².